The Morgan fingerprint density at radius 3 is 2.48 bits per heavy atom. The van der Waals surface area contributed by atoms with Crippen molar-refractivity contribution in [2.45, 2.75) is 13.8 Å². The second kappa shape index (κ2) is 8.63. The summed E-state index contributed by atoms with van der Waals surface area (Å²) in [5.41, 5.74) is 3.98. The second-order valence-electron chi connectivity index (χ2n) is 7.04. The molecule has 5 nitrogen and oxygen atoms in total. The van der Waals surface area contributed by atoms with Gasteiger partial charge in [0.25, 0.3) is 5.91 Å². The van der Waals surface area contributed by atoms with E-state index >= 15 is 0 Å². The number of hydrogen-bond donors (Lipinski definition) is 1. The summed E-state index contributed by atoms with van der Waals surface area (Å²) in [6.07, 6.45) is 0. The number of halogens is 1. The summed E-state index contributed by atoms with van der Waals surface area (Å²) < 4.78 is 5.56. The fraction of sp³-hybridized carbons (Fsp3) is 0.381. The van der Waals surface area contributed by atoms with Crippen molar-refractivity contribution in [2.75, 3.05) is 50.1 Å². The first-order valence-corrected chi connectivity index (χ1v) is 9.53. The third-order valence-corrected chi connectivity index (χ3v) is 5.28. The van der Waals surface area contributed by atoms with Gasteiger partial charge < -0.3 is 19.9 Å². The highest BCUT2D eigenvalue weighted by Gasteiger charge is 2.15. The highest BCUT2D eigenvalue weighted by Crippen LogP contribution is 2.24. The molecule has 0 aliphatic carbocycles. The van der Waals surface area contributed by atoms with Crippen LogP contribution in [0.5, 0.6) is 5.75 Å². The van der Waals surface area contributed by atoms with Crippen LogP contribution in [-0.4, -0.2) is 50.6 Å². The zero-order valence-corrected chi connectivity index (χ0v) is 16.8. The Hall–Kier alpha value is -2.24. The number of carbonyl (C=O) groups is 1. The zero-order valence-electron chi connectivity index (χ0n) is 16.1. The molecular weight excluding hydrogens is 362 g/mol. The summed E-state index contributed by atoms with van der Waals surface area (Å²) in [5.74, 6) is 0.451. The number of piperazine rings is 1. The molecule has 0 atom stereocenters. The molecule has 0 aromatic heterocycles. The normalized spacial score (nSPS) is 14.9. The SMILES string of the molecule is Cc1cc(OCC(=O)Nc2ccc(N3CCN(C)CC3)cc2C)ccc1Cl. The van der Waals surface area contributed by atoms with Crippen LogP contribution < -0.4 is 15.0 Å². The molecule has 1 N–H and O–H groups in total. The minimum atomic E-state index is -0.182. The molecule has 1 fully saturated rings. The summed E-state index contributed by atoms with van der Waals surface area (Å²) >= 11 is 6.00. The number of amides is 1. The number of benzene rings is 2. The second-order valence-corrected chi connectivity index (χ2v) is 7.44. The van der Waals surface area contributed by atoms with Crippen LogP contribution in [0, 0.1) is 13.8 Å². The Morgan fingerprint density at radius 1 is 1.07 bits per heavy atom. The van der Waals surface area contributed by atoms with Crippen molar-refractivity contribution in [3.63, 3.8) is 0 Å². The van der Waals surface area contributed by atoms with Crippen LogP contribution in [0.25, 0.3) is 0 Å². The first kappa shape index (κ1) is 19.5. The molecule has 1 saturated heterocycles. The molecule has 27 heavy (non-hydrogen) atoms. The monoisotopic (exact) mass is 387 g/mol. The average molecular weight is 388 g/mol. The maximum Gasteiger partial charge on any atom is 0.262 e. The van der Waals surface area contributed by atoms with Crippen LogP contribution in [0.4, 0.5) is 11.4 Å². The van der Waals surface area contributed by atoms with Gasteiger partial charge in [0.2, 0.25) is 0 Å². The molecule has 2 aromatic carbocycles. The summed E-state index contributed by atoms with van der Waals surface area (Å²) in [6.45, 7) is 8.06. The zero-order chi connectivity index (χ0) is 19.4. The van der Waals surface area contributed by atoms with E-state index in [4.69, 9.17) is 16.3 Å². The molecule has 2 aromatic rings. The Bertz CT molecular complexity index is 817. The van der Waals surface area contributed by atoms with Crippen LogP contribution >= 0.6 is 11.6 Å². The third kappa shape index (κ3) is 5.15. The van der Waals surface area contributed by atoms with Gasteiger partial charge >= 0.3 is 0 Å². The Balaban J connectivity index is 1.56. The van der Waals surface area contributed by atoms with Crippen molar-refractivity contribution < 1.29 is 9.53 Å². The number of aryl methyl sites for hydroxylation is 2. The van der Waals surface area contributed by atoms with E-state index in [1.54, 1.807) is 12.1 Å². The molecule has 1 amide bonds. The number of nitrogens with one attached hydrogen (secondary N) is 1. The van der Waals surface area contributed by atoms with Gasteiger partial charge in [-0.2, -0.15) is 0 Å². The number of hydrogen-bond acceptors (Lipinski definition) is 4. The van der Waals surface area contributed by atoms with Crippen LogP contribution in [-0.2, 0) is 4.79 Å². The van der Waals surface area contributed by atoms with Gasteiger partial charge in [0.1, 0.15) is 5.75 Å². The van der Waals surface area contributed by atoms with Crippen molar-refractivity contribution in [1.29, 1.82) is 0 Å². The van der Waals surface area contributed by atoms with E-state index < -0.39 is 0 Å². The smallest absolute Gasteiger partial charge is 0.262 e. The first-order chi connectivity index (χ1) is 12.9. The van der Waals surface area contributed by atoms with E-state index in [1.165, 1.54) is 5.69 Å². The fourth-order valence-corrected chi connectivity index (χ4v) is 3.21. The van der Waals surface area contributed by atoms with Gasteiger partial charge in [0.15, 0.2) is 6.61 Å². The summed E-state index contributed by atoms with van der Waals surface area (Å²) in [6, 6.07) is 11.5. The lowest BCUT2D eigenvalue weighted by molar-refractivity contribution is -0.118. The lowest BCUT2D eigenvalue weighted by Crippen LogP contribution is -2.44. The third-order valence-electron chi connectivity index (χ3n) is 4.85. The first-order valence-electron chi connectivity index (χ1n) is 9.15. The number of nitrogens with zero attached hydrogens (tertiary/aromatic N) is 2. The maximum absolute atomic E-state index is 12.2. The lowest BCUT2D eigenvalue weighted by atomic mass is 10.1. The van der Waals surface area contributed by atoms with Gasteiger partial charge in [0.05, 0.1) is 0 Å². The molecule has 0 bridgehead atoms. The highest BCUT2D eigenvalue weighted by molar-refractivity contribution is 6.31. The van der Waals surface area contributed by atoms with Gasteiger partial charge in [-0.3, -0.25) is 4.79 Å². The van der Waals surface area contributed by atoms with E-state index in [9.17, 15) is 4.79 Å². The molecule has 0 unspecified atom stereocenters. The minimum absolute atomic E-state index is 0.0409. The van der Waals surface area contributed by atoms with E-state index in [0.29, 0.717) is 10.8 Å². The Labute approximate surface area is 165 Å². The van der Waals surface area contributed by atoms with E-state index in [-0.39, 0.29) is 12.5 Å². The maximum atomic E-state index is 12.2. The fourth-order valence-electron chi connectivity index (χ4n) is 3.09. The average Bonchev–Trinajstić information content (AvgIpc) is 2.65. The van der Waals surface area contributed by atoms with Gasteiger partial charge in [-0.25, -0.2) is 0 Å². The molecule has 1 heterocycles. The number of carbonyl (C=O) groups excluding carboxylic acids is 1. The van der Waals surface area contributed by atoms with Gasteiger partial charge in [-0.15, -0.1) is 0 Å². The van der Waals surface area contributed by atoms with Crippen molar-refractivity contribution in [3.05, 3.63) is 52.5 Å². The molecule has 3 rings (SSSR count). The van der Waals surface area contributed by atoms with Crippen molar-refractivity contribution in [1.82, 2.24) is 4.90 Å². The molecule has 1 aliphatic heterocycles. The van der Waals surface area contributed by atoms with Crippen LogP contribution in [0.3, 0.4) is 0 Å². The molecule has 144 valence electrons. The largest absolute Gasteiger partial charge is 0.484 e. The van der Waals surface area contributed by atoms with Crippen LogP contribution in [0.1, 0.15) is 11.1 Å². The Kier molecular flexibility index (Phi) is 6.24. The van der Waals surface area contributed by atoms with Gasteiger partial charge in [-0.05, 0) is 68.4 Å². The minimum Gasteiger partial charge on any atom is -0.484 e. The van der Waals surface area contributed by atoms with Gasteiger partial charge in [0, 0.05) is 42.6 Å². The van der Waals surface area contributed by atoms with Crippen LogP contribution in [0.15, 0.2) is 36.4 Å². The lowest BCUT2D eigenvalue weighted by Gasteiger charge is -2.34. The van der Waals surface area contributed by atoms with Crippen molar-refractivity contribution in [3.8, 4) is 5.75 Å². The van der Waals surface area contributed by atoms with Crippen molar-refractivity contribution >= 4 is 28.9 Å². The number of rotatable bonds is 5. The van der Waals surface area contributed by atoms with E-state index in [2.05, 4.69) is 34.3 Å². The Morgan fingerprint density at radius 2 is 1.81 bits per heavy atom. The molecule has 0 radical (unpaired) electrons. The number of ether oxygens (including phenoxy) is 1. The number of anilines is 2. The van der Waals surface area contributed by atoms with E-state index in [1.807, 2.05) is 26.0 Å². The standard InChI is InChI=1S/C21H26ClN3O2/c1-15-13-18(5-6-19(15)22)27-14-21(26)23-20-7-4-17(12-16(20)2)25-10-8-24(3)9-11-25/h4-7,12-13H,8-11,14H2,1-3H3,(H,23,26). The van der Waals surface area contributed by atoms with Gasteiger partial charge in [-0.1, -0.05) is 11.6 Å². The molecule has 0 saturated carbocycles. The molecule has 0 spiro atoms. The topological polar surface area (TPSA) is 44.8 Å². The summed E-state index contributed by atoms with van der Waals surface area (Å²) in [4.78, 5) is 16.9. The van der Waals surface area contributed by atoms with Crippen LogP contribution in [0.2, 0.25) is 5.02 Å². The number of likely N-dealkylation sites (N-methyl/N-ethyl adjacent to an activating group) is 1. The van der Waals surface area contributed by atoms with Crippen molar-refractivity contribution in [2.24, 2.45) is 0 Å². The summed E-state index contributed by atoms with van der Waals surface area (Å²) in [5, 5.41) is 3.61. The summed E-state index contributed by atoms with van der Waals surface area (Å²) in [7, 11) is 2.15. The predicted octanol–water partition coefficient (Wildman–Crippen LogP) is 3.73. The highest BCUT2D eigenvalue weighted by atomic mass is 35.5. The molecule has 6 heteroatoms. The molecule has 1 aliphatic rings. The quantitative estimate of drug-likeness (QED) is 0.849. The van der Waals surface area contributed by atoms with E-state index in [0.717, 1.165) is 43.0 Å². The predicted molar refractivity (Wildman–Crippen MR) is 111 cm³/mol. The molecular formula is C21H26ClN3O2.